The lowest BCUT2D eigenvalue weighted by atomic mass is 10.3. The number of ether oxygens (including phenoxy) is 1. The molecule has 0 aromatic carbocycles. The van der Waals surface area contributed by atoms with Crippen LogP contribution < -0.4 is 0 Å². The minimum atomic E-state index is -0.730. The highest BCUT2D eigenvalue weighted by molar-refractivity contribution is 6.65. The number of nitrogens with zero attached hydrogens (tertiary/aromatic N) is 5. The van der Waals surface area contributed by atoms with Crippen LogP contribution in [0.1, 0.15) is 13.8 Å². The van der Waals surface area contributed by atoms with Crippen molar-refractivity contribution in [3.63, 3.8) is 0 Å². The molecule has 0 amide bonds. The average molecular weight is 269 g/mol. The quantitative estimate of drug-likeness (QED) is 0.324. The number of rotatable bonds is 5. The Morgan fingerprint density at radius 1 is 1.32 bits per heavy atom. The summed E-state index contributed by atoms with van der Waals surface area (Å²) in [6.45, 7) is 3.53. The molecule has 0 bridgehead atoms. The predicted octanol–water partition coefficient (Wildman–Crippen LogP) is 0.0401. The van der Waals surface area contributed by atoms with Crippen molar-refractivity contribution in [2.24, 2.45) is 10.3 Å². The molecule has 1 heterocycles. The molecule has 0 fully saturated rings. The number of aromatic nitrogens is 3. The van der Waals surface area contributed by atoms with Crippen molar-refractivity contribution < 1.29 is 19.2 Å². The molecule has 0 aliphatic heterocycles. The van der Waals surface area contributed by atoms with Gasteiger partial charge in [0.15, 0.2) is 0 Å². The summed E-state index contributed by atoms with van der Waals surface area (Å²) in [4.78, 5) is 25.2. The van der Waals surface area contributed by atoms with Gasteiger partial charge in [-0.05, 0) is 13.8 Å². The fourth-order valence-corrected chi connectivity index (χ4v) is 1.02. The SMILES string of the molecule is CON=C(C(=NOC(C)C)C(=O)OC)n1cncn1. The molecular formula is C10H15N5O4. The van der Waals surface area contributed by atoms with Crippen molar-refractivity contribution in [2.45, 2.75) is 20.0 Å². The largest absolute Gasteiger partial charge is 0.464 e. The lowest BCUT2D eigenvalue weighted by molar-refractivity contribution is -0.132. The van der Waals surface area contributed by atoms with Gasteiger partial charge in [0.25, 0.3) is 0 Å². The number of oxime groups is 2. The van der Waals surface area contributed by atoms with E-state index in [0.717, 1.165) is 0 Å². The molecule has 0 aliphatic rings. The maximum atomic E-state index is 11.7. The number of hydrogen-bond acceptors (Lipinski definition) is 8. The van der Waals surface area contributed by atoms with Crippen LogP contribution in [0.25, 0.3) is 0 Å². The maximum Gasteiger partial charge on any atom is 0.364 e. The van der Waals surface area contributed by atoms with Crippen LogP contribution in [0.15, 0.2) is 23.0 Å². The van der Waals surface area contributed by atoms with Crippen LogP contribution in [0, 0.1) is 0 Å². The van der Waals surface area contributed by atoms with Crippen LogP contribution in [0.3, 0.4) is 0 Å². The van der Waals surface area contributed by atoms with Gasteiger partial charge in [-0.1, -0.05) is 10.3 Å². The van der Waals surface area contributed by atoms with Crippen molar-refractivity contribution in [3.05, 3.63) is 12.7 Å². The van der Waals surface area contributed by atoms with Gasteiger partial charge < -0.3 is 14.4 Å². The summed E-state index contributed by atoms with van der Waals surface area (Å²) in [7, 11) is 2.55. The number of carbonyl (C=O) groups excluding carboxylic acids is 1. The smallest absolute Gasteiger partial charge is 0.364 e. The maximum absolute atomic E-state index is 11.7. The summed E-state index contributed by atoms with van der Waals surface area (Å²) in [6.07, 6.45) is 2.41. The third kappa shape index (κ3) is 4.05. The van der Waals surface area contributed by atoms with E-state index in [1.807, 2.05) is 0 Å². The van der Waals surface area contributed by atoms with E-state index in [0.29, 0.717) is 0 Å². The summed E-state index contributed by atoms with van der Waals surface area (Å²) in [5.41, 5.74) is -0.177. The van der Waals surface area contributed by atoms with Crippen molar-refractivity contribution in [1.82, 2.24) is 14.8 Å². The Labute approximate surface area is 109 Å². The first-order valence-electron chi connectivity index (χ1n) is 5.38. The van der Waals surface area contributed by atoms with E-state index in [9.17, 15) is 4.79 Å². The van der Waals surface area contributed by atoms with Crippen molar-refractivity contribution in [2.75, 3.05) is 14.2 Å². The number of hydrogen-bond donors (Lipinski definition) is 0. The Morgan fingerprint density at radius 3 is 2.53 bits per heavy atom. The van der Waals surface area contributed by atoms with Crippen LogP contribution in [-0.2, 0) is 19.2 Å². The van der Waals surface area contributed by atoms with Gasteiger partial charge in [-0.25, -0.2) is 9.78 Å². The normalized spacial score (nSPS) is 12.5. The lowest BCUT2D eigenvalue weighted by Crippen LogP contribution is -2.32. The number of esters is 1. The zero-order valence-electron chi connectivity index (χ0n) is 11.1. The summed E-state index contributed by atoms with van der Waals surface area (Å²) < 4.78 is 5.83. The van der Waals surface area contributed by atoms with E-state index in [2.05, 4.69) is 30.0 Å². The van der Waals surface area contributed by atoms with Crippen LogP contribution in [0.2, 0.25) is 0 Å². The second-order valence-electron chi connectivity index (χ2n) is 3.52. The summed E-state index contributed by atoms with van der Waals surface area (Å²) in [6, 6.07) is 0. The fourth-order valence-electron chi connectivity index (χ4n) is 1.02. The first-order chi connectivity index (χ1) is 9.10. The molecule has 19 heavy (non-hydrogen) atoms. The van der Waals surface area contributed by atoms with Gasteiger partial charge in [0, 0.05) is 0 Å². The zero-order valence-corrected chi connectivity index (χ0v) is 11.1. The third-order valence-electron chi connectivity index (χ3n) is 1.76. The van der Waals surface area contributed by atoms with Gasteiger partial charge in [-0.15, -0.1) is 0 Å². The van der Waals surface area contributed by atoms with Gasteiger partial charge >= 0.3 is 5.97 Å². The second kappa shape index (κ2) is 7.09. The highest BCUT2D eigenvalue weighted by atomic mass is 16.6. The predicted molar refractivity (Wildman–Crippen MR) is 65.5 cm³/mol. The molecule has 1 aromatic heterocycles. The topological polar surface area (TPSA) is 100 Å². The fraction of sp³-hybridized carbons (Fsp3) is 0.500. The number of carbonyl (C=O) groups is 1. The minimum absolute atomic E-state index is 0.00694. The third-order valence-corrected chi connectivity index (χ3v) is 1.76. The molecule has 0 aliphatic carbocycles. The van der Waals surface area contributed by atoms with Gasteiger partial charge in [-0.2, -0.15) is 9.78 Å². The first-order valence-corrected chi connectivity index (χ1v) is 5.38. The Kier molecular flexibility index (Phi) is 5.45. The lowest BCUT2D eigenvalue weighted by Gasteiger charge is -2.08. The van der Waals surface area contributed by atoms with Gasteiger partial charge in [0.2, 0.25) is 11.5 Å². The molecule has 9 heteroatoms. The Hall–Kier alpha value is -2.45. The summed E-state index contributed by atoms with van der Waals surface area (Å²) >= 11 is 0. The van der Waals surface area contributed by atoms with E-state index in [4.69, 9.17) is 4.84 Å². The molecule has 1 rings (SSSR count). The van der Waals surface area contributed by atoms with Crippen molar-refractivity contribution >= 4 is 17.5 Å². The Balaban J connectivity index is 3.16. The molecule has 0 unspecified atom stereocenters. The Morgan fingerprint density at radius 2 is 2.05 bits per heavy atom. The highest BCUT2D eigenvalue weighted by Crippen LogP contribution is 1.97. The monoisotopic (exact) mass is 269 g/mol. The molecule has 104 valence electrons. The summed E-state index contributed by atoms with van der Waals surface area (Å²) in [5.74, 6) is -0.723. The molecule has 0 spiro atoms. The van der Waals surface area contributed by atoms with E-state index in [-0.39, 0.29) is 17.7 Å². The first kappa shape index (κ1) is 14.6. The number of methoxy groups -OCH3 is 1. The standard InChI is InChI=1S/C10H15N5O4/c1-7(2)19-13-8(10(16)17-3)9(14-18-4)15-6-11-5-12-15/h5-7H,1-4H3. The van der Waals surface area contributed by atoms with Gasteiger partial charge in [-0.3, -0.25) is 0 Å². The molecule has 9 nitrogen and oxygen atoms in total. The van der Waals surface area contributed by atoms with Crippen molar-refractivity contribution in [3.8, 4) is 0 Å². The van der Waals surface area contributed by atoms with E-state index < -0.39 is 5.97 Å². The molecule has 0 atom stereocenters. The molecule has 0 saturated carbocycles. The van der Waals surface area contributed by atoms with Crippen molar-refractivity contribution in [1.29, 1.82) is 0 Å². The second-order valence-corrected chi connectivity index (χ2v) is 3.52. The van der Waals surface area contributed by atoms with Gasteiger partial charge in [0.05, 0.1) is 7.11 Å². The molecular weight excluding hydrogens is 254 g/mol. The summed E-state index contributed by atoms with van der Waals surface area (Å²) in [5, 5.41) is 11.2. The Bertz CT molecular complexity index is 466. The molecule has 1 aromatic rings. The molecule has 0 saturated heterocycles. The van der Waals surface area contributed by atoms with E-state index in [1.165, 1.54) is 31.6 Å². The van der Waals surface area contributed by atoms with Crippen LogP contribution >= 0.6 is 0 Å². The van der Waals surface area contributed by atoms with Gasteiger partial charge in [0.1, 0.15) is 25.9 Å². The highest BCUT2D eigenvalue weighted by Gasteiger charge is 2.24. The molecule has 0 N–H and O–H groups in total. The van der Waals surface area contributed by atoms with Crippen LogP contribution in [-0.4, -0.2) is 52.6 Å². The average Bonchev–Trinajstić information content (AvgIpc) is 2.90. The minimum Gasteiger partial charge on any atom is -0.464 e. The van der Waals surface area contributed by atoms with Crippen LogP contribution in [0.5, 0.6) is 0 Å². The van der Waals surface area contributed by atoms with E-state index in [1.54, 1.807) is 13.8 Å². The van der Waals surface area contributed by atoms with Crippen LogP contribution in [0.4, 0.5) is 0 Å². The zero-order chi connectivity index (χ0) is 14.3. The molecule has 0 radical (unpaired) electrons. The van der Waals surface area contributed by atoms with E-state index >= 15 is 0 Å².